The Morgan fingerprint density at radius 3 is 1.76 bits per heavy atom. The second kappa shape index (κ2) is 14.1. The van der Waals surface area contributed by atoms with Gasteiger partial charge in [0.1, 0.15) is 12.0 Å². The number of ether oxygens (including phenoxy) is 1. The van der Waals surface area contributed by atoms with Crippen LogP contribution in [-0.4, -0.2) is 12.3 Å². The van der Waals surface area contributed by atoms with Crippen molar-refractivity contribution >= 4 is 12.3 Å². The van der Waals surface area contributed by atoms with Crippen molar-refractivity contribution < 1.29 is 14.3 Å². The molecule has 34 heavy (non-hydrogen) atoms. The highest BCUT2D eigenvalue weighted by Crippen LogP contribution is 2.22. The summed E-state index contributed by atoms with van der Waals surface area (Å²) >= 11 is 0. The second-order valence-corrected chi connectivity index (χ2v) is 8.93. The lowest BCUT2D eigenvalue weighted by Gasteiger charge is -2.07. The molecule has 0 fully saturated rings. The Kier molecular flexibility index (Phi) is 10.6. The molecule has 0 spiro atoms. The molecule has 0 amide bonds. The normalized spacial score (nSPS) is 10.7. The van der Waals surface area contributed by atoms with Gasteiger partial charge >= 0.3 is 5.97 Å². The van der Waals surface area contributed by atoms with E-state index in [0.717, 1.165) is 23.8 Å². The summed E-state index contributed by atoms with van der Waals surface area (Å²) in [4.78, 5) is 23.1. The minimum Gasteiger partial charge on any atom is -0.423 e. The number of hydrogen-bond donors (Lipinski definition) is 0. The number of esters is 1. The third-order valence-electron chi connectivity index (χ3n) is 6.20. The number of unbranched alkanes of at least 4 members (excludes halogenated alkanes) is 8. The molecule has 3 rings (SSSR count). The number of aryl methyl sites for hydroxylation is 1. The zero-order valence-corrected chi connectivity index (χ0v) is 20.3. The Labute approximate surface area is 204 Å². The number of benzene rings is 3. The number of carbonyl (C=O) groups excluding carboxylic acids is 2. The van der Waals surface area contributed by atoms with Crippen LogP contribution in [0.25, 0.3) is 11.1 Å². The molecule has 3 nitrogen and oxygen atoms in total. The number of aldehydes is 1. The summed E-state index contributed by atoms with van der Waals surface area (Å²) in [6, 6.07) is 22.7. The zero-order valence-electron chi connectivity index (χ0n) is 20.3. The van der Waals surface area contributed by atoms with Gasteiger partial charge in [0.25, 0.3) is 0 Å². The first kappa shape index (κ1) is 25.4. The van der Waals surface area contributed by atoms with E-state index >= 15 is 0 Å². The molecule has 0 aliphatic carbocycles. The van der Waals surface area contributed by atoms with E-state index < -0.39 is 5.97 Å². The van der Waals surface area contributed by atoms with Crippen molar-refractivity contribution in [1.82, 2.24) is 0 Å². The van der Waals surface area contributed by atoms with E-state index in [0.29, 0.717) is 16.9 Å². The summed E-state index contributed by atoms with van der Waals surface area (Å²) in [5.41, 5.74) is 4.63. The van der Waals surface area contributed by atoms with Crippen LogP contribution in [0, 0.1) is 0 Å². The Hall–Kier alpha value is -3.20. The van der Waals surface area contributed by atoms with Crippen LogP contribution in [0.5, 0.6) is 5.75 Å². The third-order valence-corrected chi connectivity index (χ3v) is 6.20. The summed E-state index contributed by atoms with van der Waals surface area (Å²) in [5, 5.41) is 0. The van der Waals surface area contributed by atoms with Crippen molar-refractivity contribution in [3.05, 3.63) is 89.5 Å². The second-order valence-electron chi connectivity index (χ2n) is 8.93. The van der Waals surface area contributed by atoms with Gasteiger partial charge in [-0.3, -0.25) is 4.79 Å². The van der Waals surface area contributed by atoms with E-state index in [2.05, 4.69) is 31.2 Å². The van der Waals surface area contributed by atoms with Crippen LogP contribution in [0.2, 0.25) is 0 Å². The van der Waals surface area contributed by atoms with Crippen LogP contribution in [0.3, 0.4) is 0 Å². The molecule has 0 N–H and O–H groups in total. The molecule has 0 saturated carbocycles. The van der Waals surface area contributed by atoms with Crippen LogP contribution in [0.1, 0.15) is 91.0 Å². The molecule has 3 heteroatoms. The summed E-state index contributed by atoms with van der Waals surface area (Å²) in [6.45, 7) is 2.27. The molecule has 0 unspecified atom stereocenters. The third kappa shape index (κ3) is 8.30. The average Bonchev–Trinajstić information content (AvgIpc) is 2.88. The Morgan fingerprint density at radius 1 is 0.676 bits per heavy atom. The van der Waals surface area contributed by atoms with Crippen molar-refractivity contribution in [2.24, 2.45) is 0 Å². The fourth-order valence-electron chi connectivity index (χ4n) is 4.08. The van der Waals surface area contributed by atoms with Gasteiger partial charge in [0.05, 0.1) is 5.56 Å². The summed E-state index contributed by atoms with van der Waals surface area (Å²) < 4.78 is 5.39. The molecule has 0 atom stereocenters. The summed E-state index contributed by atoms with van der Waals surface area (Å²) in [6.07, 6.45) is 14.1. The quantitative estimate of drug-likeness (QED) is 0.106. The van der Waals surface area contributed by atoms with Gasteiger partial charge in [-0.15, -0.1) is 0 Å². The first-order valence-electron chi connectivity index (χ1n) is 12.7. The number of hydrogen-bond acceptors (Lipinski definition) is 3. The maximum Gasteiger partial charge on any atom is 0.343 e. The highest BCUT2D eigenvalue weighted by molar-refractivity contribution is 5.91. The fraction of sp³-hybridized carbons (Fsp3) is 0.355. The topological polar surface area (TPSA) is 43.4 Å². The fourth-order valence-corrected chi connectivity index (χ4v) is 4.08. The van der Waals surface area contributed by atoms with Crippen LogP contribution < -0.4 is 4.74 Å². The Balaban J connectivity index is 1.42. The van der Waals surface area contributed by atoms with Gasteiger partial charge in [-0.25, -0.2) is 4.79 Å². The Bertz CT molecular complexity index is 1000. The molecule has 0 aliphatic rings. The first-order chi connectivity index (χ1) is 16.7. The van der Waals surface area contributed by atoms with E-state index in [-0.39, 0.29) is 0 Å². The van der Waals surface area contributed by atoms with Crippen molar-refractivity contribution in [2.75, 3.05) is 0 Å². The minimum absolute atomic E-state index is 0.415. The van der Waals surface area contributed by atoms with Gasteiger partial charge in [0, 0.05) is 5.56 Å². The summed E-state index contributed by atoms with van der Waals surface area (Å²) in [5.74, 6) is 0.00366. The lowest BCUT2D eigenvalue weighted by atomic mass is 10.00. The van der Waals surface area contributed by atoms with E-state index in [4.69, 9.17) is 4.74 Å². The van der Waals surface area contributed by atoms with Crippen LogP contribution >= 0.6 is 0 Å². The molecule has 0 radical (unpaired) electrons. The van der Waals surface area contributed by atoms with Crippen molar-refractivity contribution in [3.63, 3.8) is 0 Å². The molecular formula is C31H36O3. The first-order valence-corrected chi connectivity index (χ1v) is 12.7. The lowest BCUT2D eigenvalue weighted by molar-refractivity contribution is 0.0734. The van der Waals surface area contributed by atoms with Crippen molar-refractivity contribution in [3.8, 4) is 16.9 Å². The Morgan fingerprint density at radius 2 is 1.21 bits per heavy atom. The van der Waals surface area contributed by atoms with Gasteiger partial charge in [0.15, 0.2) is 0 Å². The minimum atomic E-state index is -0.415. The average molecular weight is 457 g/mol. The molecule has 0 aromatic heterocycles. The van der Waals surface area contributed by atoms with E-state index in [1.165, 1.54) is 63.4 Å². The molecule has 0 saturated heterocycles. The molecule has 0 bridgehead atoms. The van der Waals surface area contributed by atoms with E-state index in [9.17, 15) is 9.59 Å². The highest BCUT2D eigenvalue weighted by Gasteiger charge is 2.09. The smallest absolute Gasteiger partial charge is 0.343 e. The number of rotatable bonds is 14. The van der Waals surface area contributed by atoms with Crippen LogP contribution in [0.15, 0.2) is 72.8 Å². The van der Waals surface area contributed by atoms with E-state index in [1.54, 1.807) is 36.4 Å². The predicted octanol–water partition coefficient (Wildman–Crippen LogP) is 8.46. The number of carbonyl (C=O) groups is 2. The maximum atomic E-state index is 12.4. The lowest BCUT2D eigenvalue weighted by Crippen LogP contribution is -2.08. The van der Waals surface area contributed by atoms with E-state index in [1.807, 2.05) is 12.1 Å². The standard InChI is InChI=1S/C31H36O3/c1-2-3-4-5-6-7-8-9-10-11-25-12-16-27(17-13-25)28-18-20-29(21-19-28)31(33)34-30-22-14-26(24-32)15-23-30/h12-24H,2-11H2,1H3. The molecule has 0 heterocycles. The van der Waals surface area contributed by atoms with Gasteiger partial charge in [-0.2, -0.15) is 0 Å². The molecule has 178 valence electrons. The largest absolute Gasteiger partial charge is 0.423 e. The monoisotopic (exact) mass is 456 g/mol. The molecule has 3 aromatic rings. The highest BCUT2D eigenvalue weighted by atomic mass is 16.5. The SMILES string of the molecule is CCCCCCCCCCCc1ccc(-c2ccc(C(=O)Oc3ccc(C=O)cc3)cc2)cc1. The van der Waals surface area contributed by atoms with Gasteiger partial charge in [0.2, 0.25) is 0 Å². The van der Waals surface area contributed by atoms with Crippen LogP contribution in [0.4, 0.5) is 0 Å². The van der Waals surface area contributed by atoms with Crippen molar-refractivity contribution in [2.45, 2.75) is 71.1 Å². The van der Waals surface area contributed by atoms with Gasteiger partial charge < -0.3 is 4.74 Å². The molecular weight excluding hydrogens is 420 g/mol. The summed E-state index contributed by atoms with van der Waals surface area (Å²) in [7, 11) is 0. The zero-order chi connectivity index (χ0) is 24.0. The maximum absolute atomic E-state index is 12.4. The molecule has 0 aliphatic heterocycles. The van der Waals surface area contributed by atoms with Gasteiger partial charge in [-0.05, 0) is 65.9 Å². The predicted molar refractivity (Wildman–Crippen MR) is 140 cm³/mol. The van der Waals surface area contributed by atoms with Gasteiger partial charge in [-0.1, -0.05) is 94.7 Å². The van der Waals surface area contributed by atoms with Crippen molar-refractivity contribution in [1.29, 1.82) is 0 Å². The van der Waals surface area contributed by atoms with Crippen LogP contribution in [-0.2, 0) is 6.42 Å². The molecule has 3 aromatic carbocycles.